The highest BCUT2D eigenvalue weighted by Crippen LogP contribution is 2.35. The van der Waals surface area contributed by atoms with E-state index in [9.17, 15) is 8.78 Å². The molecule has 4 heteroatoms. The minimum absolute atomic E-state index is 0.106. The summed E-state index contributed by atoms with van der Waals surface area (Å²) in [4.78, 5) is 0. The average Bonchev–Trinajstić information content (AvgIpc) is 2.68. The first-order valence-electron chi connectivity index (χ1n) is 7.05. The van der Waals surface area contributed by atoms with Crippen molar-refractivity contribution in [1.29, 1.82) is 0 Å². The summed E-state index contributed by atoms with van der Waals surface area (Å²) in [5, 5.41) is 0. The van der Waals surface area contributed by atoms with Crippen LogP contribution in [0.5, 0.6) is 0 Å². The Morgan fingerprint density at radius 3 is 2.37 bits per heavy atom. The molecule has 1 saturated carbocycles. The smallest absolute Gasteiger partial charge is 0.133 e. The first kappa shape index (κ1) is 14.4. The Labute approximate surface area is 113 Å². The lowest BCUT2D eigenvalue weighted by Gasteiger charge is -2.27. The molecule has 19 heavy (non-hydrogen) atoms. The quantitative estimate of drug-likeness (QED) is 0.498. The van der Waals surface area contributed by atoms with Crippen LogP contribution in [0, 0.1) is 24.5 Å². The van der Waals surface area contributed by atoms with Crippen LogP contribution in [-0.4, -0.2) is 0 Å². The van der Waals surface area contributed by atoms with E-state index in [0.717, 1.165) is 25.7 Å². The molecule has 0 radical (unpaired) electrons. The van der Waals surface area contributed by atoms with Crippen LogP contribution >= 0.6 is 0 Å². The molecule has 0 saturated heterocycles. The van der Waals surface area contributed by atoms with Gasteiger partial charge in [-0.1, -0.05) is 31.7 Å². The van der Waals surface area contributed by atoms with Crippen LogP contribution in [-0.2, 0) is 0 Å². The standard InChI is InChI=1S/C15H22F2N2/c1-10-8-9-12(16)13(14(10)17)15(19-18)11-6-4-2-3-5-7-11/h8-9,11,15,19H,2-7,18H2,1H3. The van der Waals surface area contributed by atoms with Gasteiger partial charge in [0.25, 0.3) is 0 Å². The maximum atomic E-state index is 14.2. The molecule has 1 aromatic carbocycles. The molecule has 0 heterocycles. The number of nitrogens with two attached hydrogens (primary N) is 1. The van der Waals surface area contributed by atoms with Crippen molar-refractivity contribution in [2.45, 2.75) is 51.5 Å². The van der Waals surface area contributed by atoms with Gasteiger partial charge in [0, 0.05) is 5.56 Å². The predicted octanol–water partition coefficient (Wildman–Crippen LogP) is 3.75. The third-order valence-electron chi connectivity index (χ3n) is 4.18. The maximum absolute atomic E-state index is 14.2. The minimum Gasteiger partial charge on any atom is -0.271 e. The van der Waals surface area contributed by atoms with Gasteiger partial charge in [0.05, 0.1) is 6.04 Å². The Kier molecular flexibility index (Phi) is 4.88. The molecule has 1 atom stereocenters. The maximum Gasteiger partial charge on any atom is 0.133 e. The number of halogens is 2. The third kappa shape index (κ3) is 3.12. The zero-order chi connectivity index (χ0) is 13.8. The minimum atomic E-state index is -0.504. The van der Waals surface area contributed by atoms with E-state index in [1.165, 1.54) is 25.0 Å². The molecule has 1 aliphatic rings. The summed E-state index contributed by atoms with van der Waals surface area (Å²) in [6.07, 6.45) is 6.57. The van der Waals surface area contributed by atoms with Gasteiger partial charge in [0.2, 0.25) is 0 Å². The van der Waals surface area contributed by atoms with E-state index in [-0.39, 0.29) is 11.5 Å². The highest BCUT2D eigenvalue weighted by molar-refractivity contribution is 5.29. The van der Waals surface area contributed by atoms with Crippen LogP contribution in [0.25, 0.3) is 0 Å². The molecule has 1 aliphatic carbocycles. The van der Waals surface area contributed by atoms with Crippen LogP contribution in [0.3, 0.4) is 0 Å². The van der Waals surface area contributed by atoms with E-state index in [1.54, 1.807) is 6.92 Å². The van der Waals surface area contributed by atoms with Gasteiger partial charge in [-0.3, -0.25) is 11.3 Å². The number of hydrazine groups is 1. The SMILES string of the molecule is Cc1ccc(F)c(C(NN)C2CCCCCC2)c1F. The molecule has 2 rings (SSSR count). The third-order valence-corrected chi connectivity index (χ3v) is 4.18. The first-order chi connectivity index (χ1) is 9.15. The Hall–Kier alpha value is -1.00. The second-order valence-electron chi connectivity index (χ2n) is 5.49. The molecule has 0 amide bonds. The average molecular weight is 268 g/mol. The van der Waals surface area contributed by atoms with Crippen molar-refractivity contribution in [3.8, 4) is 0 Å². The van der Waals surface area contributed by atoms with Crippen molar-refractivity contribution in [1.82, 2.24) is 5.43 Å². The largest absolute Gasteiger partial charge is 0.271 e. The second kappa shape index (κ2) is 6.44. The van der Waals surface area contributed by atoms with Gasteiger partial charge < -0.3 is 0 Å². The number of rotatable bonds is 3. The fourth-order valence-corrected chi connectivity index (χ4v) is 3.06. The van der Waals surface area contributed by atoms with E-state index in [0.29, 0.717) is 5.56 Å². The summed E-state index contributed by atoms with van der Waals surface area (Å²) in [7, 11) is 0. The van der Waals surface area contributed by atoms with E-state index >= 15 is 0 Å². The summed E-state index contributed by atoms with van der Waals surface area (Å²) in [5.74, 6) is 4.83. The van der Waals surface area contributed by atoms with Crippen LogP contribution in [0.4, 0.5) is 8.78 Å². The molecule has 106 valence electrons. The monoisotopic (exact) mass is 268 g/mol. The molecular weight excluding hydrogens is 246 g/mol. The van der Waals surface area contributed by atoms with Crippen molar-refractivity contribution in [3.63, 3.8) is 0 Å². The number of nitrogens with one attached hydrogen (secondary N) is 1. The number of benzene rings is 1. The fourth-order valence-electron chi connectivity index (χ4n) is 3.06. The van der Waals surface area contributed by atoms with Gasteiger partial charge in [0.1, 0.15) is 11.6 Å². The fraction of sp³-hybridized carbons (Fsp3) is 0.600. The van der Waals surface area contributed by atoms with Crippen LogP contribution in [0.1, 0.15) is 55.7 Å². The Morgan fingerprint density at radius 2 is 1.79 bits per heavy atom. The predicted molar refractivity (Wildman–Crippen MR) is 72.4 cm³/mol. The first-order valence-corrected chi connectivity index (χ1v) is 7.05. The van der Waals surface area contributed by atoms with Gasteiger partial charge >= 0.3 is 0 Å². The van der Waals surface area contributed by atoms with E-state index in [4.69, 9.17) is 5.84 Å². The summed E-state index contributed by atoms with van der Waals surface area (Å²) in [6.45, 7) is 1.65. The van der Waals surface area contributed by atoms with E-state index in [1.807, 2.05) is 0 Å². The summed E-state index contributed by atoms with van der Waals surface area (Å²) >= 11 is 0. The van der Waals surface area contributed by atoms with Gasteiger partial charge in [0.15, 0.2) is 0 Å². The van der Waals surface area contributed by atoms with Gasteiger partial charge in [-0.05, 0) is 37.3 Å². The zero-order valence-corrected chi connectivity index (χ0v) is 11.4. The van der Waals surface area contributed by atoms with Crippen molar-refractivity contribution >= 4 is 0 Å². The molecule has 0 aromatic heterocycles. The highest BCUT2D eigenvalue weighted by atomic mass is 19.1. The summed E-state index contributed by atoms with van der Waals surface area (Å²) in [5.41, 5.74) is 3.21. The lowest BCUT2D eigenvalue weighted by Crippen LogP contribution is -2.35. The summed E-state index contributed by atoms with van der Waals surface area (Å²) in [6, 6.07) is 2.36. The van der Waals surface area contributed by atoms with Crippen LogP contribution in [0.2, 0.25) is 0 Å². The molecule has 1 unspecified atom stereocenters. The molecule has 2 nitrogen and oxygen atoms in total. The second-order valence-corrected chi connectivity index (χ2v) is 5.49. The molecule has 1 fully saturated rings. The molecule has 0 aliphatic heterocycles. The normalized spacial score (nSPS) is 19.2. The van der Waals surface area contributed by atoms with Crippen molar-refractivity contribution in [2.75, 3.05) is 0 Å². The number of aryl methyl sites for hydroxylation is 1. The summed E-state index contributed by atoms with van der Waals surface area (Å²) < 4.78 is 28.2. The Bertz CT molecular complexity index is 426. The number of hydrogen-bond donors (Lipinski definition) is 2. The Morgan fingerprint density at radius 1 is 1.16 bits per heavy atom. The van der Waals surface area contributed by atoms with Gasteiger partial charge in [-0.25, -0.2) is 8.78 Å². The highest BCUT2D eigenvalue weighted by Gasteiger charge is 2.28. The van der Waals surface area contributed by atoms with Crippen LogP contribution in [0.15, 0.2) is 12.1 Å². The van der Waals surface area contributed by atoms with E-state index < -0.39 is 17.7 Å². The lowest BCUT2D eigenvalue weighted by molar-refractivity contribution is 0.311. The molecule has 3 N–H and O–H groups in total. The van der Waals surface area contributed by atoms with Gasteiger partial charge in [-0.15, -0.1) is 0 Å². The number of hydrogen-bond acceptors (Lipinski definition) is 2. The van der Waals surface area contributed by atoms with Crippen LogP contribution < -0.4 is 11.3 Å². The molecular formula is C15H22F2N2. The molecule has 0 spiro atoms. The Balaban J connectivity index is 2.33. The van der Waals surface area contributed by atoms with Gasteiger partial charge in [-0.2, -0.15) is 0 Å². The van der Waals surface area contributed by atoms with E-state index in [2.05, 4.69) is 5.43 Å². The van der Waals surface area contributed by atoms with Crippen molar-refractivity contribution in [2.24, 2.45) is 11.8 Å². The van der Waals surface area contributed by atoms with Crippen molar-refractivity contribution < 1.29 is 8.78 Å². The van der Waals surface area contributed by atoms with Crippen molar-refractivity contribution in [3.05, 3.63) is 34.9 Å². The molecule has 1 aromatic rings. The topological polar surface area (TPSA) is 38.0 Å². The lowest BCUT2D eigenvalue weighted by atomic mass is 9.86. The molecule has 0 bridgehead atoms. The zero-order valence-electron chi connectivity index (χ0n) is 11.4.